The molecule has 0 saturated heterocycles. The molecule has 1 aliphatic heterocycles. The van der Waals surface area contributed by atoms with E-state index in [1.807, 2.05) is 0 Å². The number of fused-ring (bicyclic) bond motifs is 1. The topological polar surface area (TPSA) is 88.6 Å². The van der Waals surface area contributed by atoms with Crippen molar-refractivity contribution < 1.29 is 19.1 Å². The van der Waals surface area contributed by atoms with Crippen molar-refractivity contribution in [1.29, 1.82) is 0 Å². The summed E-state index contributed by atoms with van der Waals surface area (Å²) >= 11 is 1.12. The van der Waals surface area contributed by atoms with Crippen molar-refractivity contribution in [3.63, 3.8) is 0 Å². The average molecular weight is 345 g/mol. The van der Waals surface area contributed by atoms with Gasteiger partial charge in [0.15, 0.2) is 17.5 Å². The van der Waals surface area contributed by atoms with Crippen LogP contribution >= 0.6 is 11.3 Å². The Morgan fingerprint density at radius 1 is 1.38 bits per heavy atom. The fourth-order valence-corrected chi connectivity index (χ4v) is 3.28. The summed E-state index contributed by atoms with van der Waals surface area (Å²) in [5.74, 6) is -0.204. The number of aryl methyl sites for hydroxylation is 1. The van der Waals surface area contributed by atoms with Gasteiger partial charge in [0.25, 0.3) is 5.91 Å². The van der Waals surface area contributed by atoms with Crippen LogP contribution in [0.15, 0.2) is 24.3 Å². The van der Waals surface area contributed by atoms with E-state index in [4.69, 9.17) is 4.74 Å². The van der Waals surface area contributed by atoms with Crippen LogP contribution in [0.3, 0.4) is 0 Å². The molecule has 2 heterocycles. The van der Waals surface area contributed by atoms with E-state index in [-0.39, 0.29) is 30.7 Å². The third-order valence-electron chi connectivity index (χ3n) is 3.47. The molecule has 1 aliphatic rings. The summed E-state index contributed by atoms with van der Waals surface area (Å²) in [7, 11) is 0. The zero-order valence-corrected chi connectivity index (χ0v) is 14.0. The molecule has 0 fully saturated rings. The van der Waals surface area contributed by atoms with Crippen LogP contribution in [0, 0.1) is 6.92 Å². The first-order chi connectivity index (χ1) is 11.5. The maximum absolute atomic E-state index is 12.3. The summed E-state index contributed by atoms with van der Waals surface area (Å²) in [6.07, 6.45) is 0. The first-order valence-electron chi connectivity index (χ1n) is 7.26. The Morgan fingerprint density at radius 2 is 2.12 bits per heavy atom. The number of Topliss-reactive ketones (excluding diaryl/α,β-unsaturated/α-hetero) is 1. The first kappa shape index (κ1) is 16.1. The number of hydrogen-bond donors (Lipinski definition) is 1. The van der Waals surface area contributed by atoms with Crippen LogP contribution in [-0.2, 0) is 9.59 Å². The zero-order chi connectivity index (χ0) is 17.3. The SMILES string of the molecule is CC(=O)c1sc(NC(=O)CN2C(=O)COc3ccccc32)nc1C. The number of ketones is 1. The van der Waals surface area contributed by atoms with Crippen molar-refractivity contribution in [2.75, 3.05) is 23.4 Å². The predicted molar refractivity (Wildman–Crippen MR) is 89.8 cm³/mol. The number of rotatable bonds is 4. The number of anilines is 2. The highest BCUT2D eigenvalue weighted by molar-refractivity contribution is 7.17. The van der Waals surface area contributed by atoms with Gasteiger partial charge in [-0.05, 0) is 19.1 Å². The van der Waals surface area contributed by atoms with Crippen molar-refractivity contribution in [3.8, 4) is 5.75 Å². The Hall–Kier alpha value is -2.74. The minimum absolute atomic E-state index is 0.0946. The van der Waals surface area contributed by atoms with Gasteiger partial charge in [0.1, 0.15) is 12.3 Å². The summed E-state index contributed by atoms with van der Waals surface area (Å²) in [5.41, 5.74) is 1.14. The molecule has 1 aromatic heterocycles. The number of ether oxygens (including phenoxy) is 1. The molecule has 2 amide bonds. The van der Waals surface area contributed by atoms with E-state index in [2.05, 4.69) is 10.3 Å². The van der Waals surface area contributed by atoms with Crippen LogP contribution in [-0.4, -0.2) is 35.7 Å². The Labute approximate surface area is 142 Å². The Balaban J connectivity index is 1.74. The molecule has 0 bridgehead atoms. The van der Waals surface area contributed by atoms with E-state index >= 15 is 0 Å². The van der Waals surface area contributed by atoms with Crippen molar-refractivity contribution in [2.24, 2.45) is 0 Å². The highest BCUT2D eigenvalue weighted by atomic mass is 32.1. The Morgan fingerprint density at radius 3 is 2.83 bits per heavy atom. The molecule has 2 aromatic rings. The monoisotopic (exact) mass is 345 g/mol. The molecule has 0 unspecified atom stereocenters. The molecule has 0 aliphatic carbocycles. The van der Waals surface area contributed by atoms with Gasteiger partial charge in [-0.3, -0.25) is 19.3 Å². The van der Waals surface area contributed by atoms with Crippen LogP contribution in [0.1, 0.15) is 22.3 Å². The van der Waals surface area contributed by atoms with E-state index in [1.54, 1.807) is 31.2 Å². The second-order valence-corrected chi connectivity index (χ2v) is 6.27. The lowest BCUT2D eigenvalue weighted by Gasteiger charge is -2.28. The lowest BCUT2D eigenvalue weighted by Crippen LogP contribution is -2.43. The minimum atomic E-state index is -0.385. The normalized spacial score (nSPS) is 13.2. The highest BCUT2D eigenvalue weighted by Gasteiger charge is 2.27. The van der Waals surface area contributed by atoms with Crippen LogP contribution in [0.25, 0.3) is 0 Å². The molecule has 24 heavy (non-hydrogen) atoms. The number of nitrogens with one attached hydrogen (secondary N) is 1. The summed E-state index contributed by atoms with van der Waals surface area (Å²) in [6.45, 7) is 2.92. The van der Waals surface area contributed by atoms with Gasteiger partial charge < -0.3 is 10.1 Å². The molecule has 7 nitrogen and oxygen atoms in total. The van der Waals surface area contributed by atoms with Gasteiger partial charge in [-0.25, -0.2) is 4.98 Å². The average Bonchev–Trinajstić information content (AvgIpc) is 2.91. The molecular formula is C16H15N3O4S. The first-order valence-corrected chi connectivity index (χ1v) is 8.08. The van der Waals surface area contributed by atoms with Crippen molar-refractivity contribution in [1.82, 2.24) is 4.98 Å². The van der Waals surface area contributed by atoms with Crippen LogP contribution in [0.4, 0.5) is 10.8 Å². The molecule has 0 saturated carbocycles. The third kappa shape index (κ3) is 3.13. The van der Waals surface area contributed by atoms with Gasteiger partial charge in [0, 0.05) is 6.92 Å². The minimum Gasteiger partial charge on any atom is -0.482 e. The fourth-order valence-electron chi connectivity index (χ4n) is 2.41. The Kier molecular flexibility index (Phi) is 4.30. The quantitative estimate of drug-likeness (QED) is 0.857. The van der Waals surface area contributed by atoms with Crippen LogP contribution in [0.5, 0.6) is 5.75 Å². The van der Waals surface area contributed by atoms with Gasteiger partial charge in [0.05, 0.1) is 16.3 Å². The second kappa shape index (κ2) is 6.40. The number of carbonyl (C=O) groups is 3. The van der Waals surface area contributed by atoms with Crippen molar-refractivity contribution in [3.05, 3.63) is 34.8 Å². The van der Waals surface area contributed by atoms with Gasteiger partial charge in [-0.15, -0.1) is 0 Å². The van der Waals surface area contributed by atoms with E-state index < -0.39 is 0 Å². The lowest BCUT2D eigenvalue weighted by molar-refractivity contribution is -0.123. The van der Waals surface area contributed by atoms with Gasteiger partial charge >= 0.3 is 0 Å². The summed E-state index contributed by atoms with van der Waals surface area (Å²) < 4.78 is 5.34. The van der Waals surface area contributed by atoms with Crippen molar-refractivity contribution in [2.45, 2.75) is 13.8 Å². The summed E-state index contributed by atoms with van der Waals surface area (Å²) in [5, 5.41) is 2.98. The number of hydrogen-bond acceptors (Lipinski definition) is 6. The zero-order valence-electron chi connectivity index (χ0n) is 13.2. The molecule has 3 rings (SSSR count). The van der Waals surface area contributed by atoms with Crippen molar-refractivity contribution >= 4 is 39.8 Å². The Bertz CT molecular complexity index is 830. The predicted octanol–water partition coefficient (Wildman–Crippen LogP) is 2.02. The number of carbonyl (C=O) groups excluding carboxylic acids is 3. The molecule has 0 atom stereocenters. The standard InChI is InChI=1S/C16H15N3O4S/c1-9-15(10(2)20)24-16(17-9)18-13(21)7-19-11-5-3-4-6-12(11)23-8-14(19)22/h3-6H,7-8H2,1-2H3,(H,17,18,21). The second-order valence-electron chi connectivity index (χ2n) is 5.27. The maximum atomic E-state index is 12.3. The molecular weight excluding hydrogens is 330 g/mol. The van der Waals surface area contributed by atoms with Crippen LogP contribution < -0.4 is 15.0 Å². The third-order valence-corrected chi connectivity index (χ3v) is 4.65. The van der Waals surface area contributed by atoms with Gasteiger partial charge in [-0.2, -0.15) is 0 Å². The van der Waals surface area contributed by atoms with E-state index in [0.717, 1.165) is 11.3 Å². The number of thiazole rings is 1. The summed E-state index contributed by atoms with van der Waals surface area (Å²) in [6, 6.07) is 7.04. The smallest absolute Gasteiger partial charge is 0.265 e. The maximum Gasteiger partial charge on any atom is 0.265 e. The molecule has 0 radical (unpaired) electrons. The van der Waals surface area contributed by atoms with Gasteiger partial charge in [0.2, 0.25) is 5.91 Å². The summed E-state index contributed by atoms with van der Waals surface area (Å²) in [4.78, 5) is 41.8. The largest absolute Gasteiger partial charge is 0.482 e. The van der Waals surface area contributed by atoms with E-state index in [1.165, 1.54) is 11.8 Å². The number of amides is 2. The number of aromatic nitrogens is 1. The lowest BCUT2D eigenvalue weighted by atomic mass is 10.2. The van der Waals surface area contributed by atoms with Crippen LogP contribution in [0.2, 0.25) is 0 Å². The molecule has 1 N–H and O–H groups in total. The van der Waals surface area contributed by atoms with Gasteiger partial charge in [-0.1, -0.05) is 23.5 Å². The molecule has 0 spiro atoms. The highest BCUT2D eigenvalue weighted by Crippen LogP contribution is 2.31. The fraction of sp³-hybridized carbons (Fsp3) is 0.250. The molecule has 1 aromatic carbocycles. The molecule has 124 valence electrons. The van der Waals surface area contributed by atoms with E-state index in [0.29, 0.717) is 27.1 Å². The van der Waals surface area contributed by atoms with E-state index in [9.17, 15) is 14.4 Å². The number of nitrogens with zero attached hydrogens (tertiary/aromatic N) is 2. The number of benzene rings is 1. The molecule has 8 heteroatoms. The number of para-hydroxylation sites is 2.